The van der Waals surface area contributed by atoms with E-state index in [-0.39, 0.29) is 12.5 Å². The van der Waals surface area contributed by atoms with Gasteiger partial charge in [-0.25, -0.2) is 4.79 Å². The van der Waals surface area contributed by atoms with Crippen molar-refractivity contribution in [2.75, 3.05) is 19.0 Å². The average molecular weight is 416 g/mol. The standard InChI is InChI=1S/C23H29NO4S/c1-13(2)16-8-6-14(3)10-18(16)28-12-20(25)24-22-21(23(26)27-5)17-9-7-15(4)11-19(17)29-22/h6,8,10,13,15H,7,9,11-12H2,1-5H3,(H,24,25)/t15-/m0/s1. The van der Waals surface area contributed by atoms with E-state index in [0.717, 1.165) is 41.7 Å². The van der Waals surface area contributed by atoms with Gasteiger partial charge in [0.05, 0.1) is 12.7 Å². The number of amides is 1. The number of aryl methyl sites for hydroxylation is 1. The molecule has 1 N–H and O–H groups in total. The summed E-state index contributed by atoms with van der Waals surface area (Å²) in [6.07, 6.45) is 2.80. The fourth-order valence-electron chi connectivity index (χ4n) is 3.71. The summed E-state index contributed by atoms with van der Waals surface area (Å²) in [7, 11) is 1.37. The molecular weight excluding hydrogens is 386 g/mol. The fourth-order valence-corrected chi connectivity index (χ4v) is 5.12. The first-order chi connectivity index (χ1) is 13.8. The number of thiophene rings is 1. The van der Waals surface area contributed by atoms with E-state index in [1.165, 1.54) is 23.3 Å². The predicted molar refractivity (Wildman–Crippen MR) is 116 cm³/mol. The molecule has 0 fully saturated rings. The van der Waals surface area contributed by atoms with Crippen molar-refractivity contribution in [2.45, 2.75) is 52.9 Å². The lowest BCUT2D eigenvalue weighted by atomic mass is 9.88. The van der Waals surface area contributed by atoms with Gasteiger partial charge < -0.3 is 14.8 Å². The van der Waals surface area contributed by atoms with Crippen LogP contribution in [0.5, 0.6) is 5.75 Å². The molecule has 1 aromatic carbocycles. The second-order valence-electron chi connectivity index (χ2n) is 8.08. The molecule has 1 aliphatic carbocycles. The molecule has 1 aliphatic rings. The van der Waals surface area contributed by atoms with Crippen molar-refractivity contribution in [2.24, 2.45) is 5.92 Å². The highest BCUT2D eigenvalue weighted by molar-refractivity contribution is 7.17. The maximum Gasteiger partial charge on any atom is 0.341 e. The number of methoxy groups -OCH3 is 1. The Bertz CT molecular complexity index is 916. The van der Waals surface area contributed by atoms with E-state index in [1.807, 2.05) is 25.1 Å². The van der Waals surface area contributed by atoms with Gasteiger partial charge in [0.1, 0.15) is 10.8 Å². The topological polar surface area (TPSA) is 64.6 Å². The molecule has 0 spiro atoms. The van der Waals surface area contributed by atoms with Crippen molar-refractivity contribution < 1.29 is 19.1 Å². The van der Waals surface area contributed by atoms with Gasteiger partial charge in [0, 0.05) is 4.88 Å². The summed E-state index contributed by atoms with van der Waals surface area (Å²) in [6, 6.07) is 6.03. The van der Waals surface area contributed by atoms with Gasteiger partial charge in [0.2, 0.25) is 0 Å². The molecule has 1 aromatic heterocycles. The number of hydrogen-bond donors (Lipinski definition) is 1. The summed E-state index contributed by atoms with van der Waals surface area (Å²) in [5.74, 6) is 0.926. The maximum absolute atomic E-state index is 12.6. The Morgan fingerprint density at radius 2 is 2.07 bits per heavy atom. The van der Waals surface area contributed by atoms with Gasteiger partial charge in [0.15, 0.2) is 6.61 Å². The molecule has 1 heterocycles. The molecule has 1 atom stereocenters. The number of carbonyl (C=O) groups excluding carboxylic acids is 2. The molecule has 0 unspecified atom stereocenters. The van der Waals surface area contributed by atoms with Crippen LogP contribution in [0.3, 0.4) is 0 Å². The SMILES string of the molecule is COC(=O)c1c(NC(=O)COc2cc(C)ccc2C(C)C)sc2c1CC[C@H](C)C2. The van der Waals surface area contributed by atoms with Gasteiger partial charge >= 0.3 is 5.97 Å². The average Bonchev–Trinajstić information content (AvgIpc) is 3.02. The zero-order chi connectivity index (χ0) is 21.1. The summed E-state index contributed by atoms with van der Waals surface area (Å²) >= 11 is 1.48. The number of anilines is 1. The van der Waals surface area contributed by atoms with Crippen LogP contribution < -0.4 is 10.1 Å². The summed E-state index contributed by atoms with van der Waals surface area (Å²) in [4.78, 5) is 26.1. The number of rotatable bonds is 6. The highest BCUT2D eigenvalue weighted by Crippen LogP contribution is 2.40. The first-order valence-electron chi connectivity index (χ1n) is 10.1. The van der Waals surface area contributed by atoms with Crippen LogP contribution in [0.1, 0.15) is 65.0 Å². The van der Waals surface area contributed by atoms with Crippen molar-refractivity contribution in [3.05, 3.63) is 45.3 Å². The van der Waals surface area contributed by atoms with Gasteiger partial charge in [-0.1, -0.05) is 32.9 Å². The number of ether oxygens (including phenoxy) is 2. The van der Waals surface area contributed by atoms with E-state index >= 15 is 0 Å². The molecule has 0 radical (unpaired) electrons. The Morgan fingerprint density at radius 1 is 1.31 bits per heavy atom. The van der Waals surface area contributed by atoms with Crippen molar-refractivity contribution >= 4 is 28.2 Å². The zero-order valence-electron chi connectivity index (χ0n) is 17.8. The molecule has 3 rings (SSSR count). The van der Waals surface area contributed by atoms with E-state index in [4.69, 9.17) is 9.47 Å². The van der Waals surface area contributed by atoms with Crippen LogP contribution in [-0.2, 0) is 22.4 Å². The lowest BCUT2D eigenvalue weighted by Crippen LogP contribution is -2.21. The lowest BCUT2D eigenvalue weighted by molar-refractivity contribution is -0.118. The minimum Gasteiger partial charge on any atom is -0.483 e. The van der Waals surface area contributed by atoms with Gasteiger partial charge in [-0.3, -0.25) is 4.79 Å². The highest BCUT2D eigenvalue weighted by Gasteiger charge is 2.29. The number of hydrogen-bond acceptors (Lipinski definition) is 5. The molecule has 6 heteroatoms. The Balaban J connectivity index is 1.76. The minimum absolute atomic E-state index is 0.108. The van der Waals surface area contributed by atoms with Gasteiger partial charge in [-0.2, -0.15) is 0 Å². The maximum atomic E-state index is 12.6. The number of carbonyl (C=O) groups is 2. The third-order valence-corrected chi connectivity index (χ3v) is 6.47. The van der Waals surface area contributed by atoms with Crippen LogP contribution in [0, 0.1) is 12.8 Å². The van der Waals surface area contributed by atoms with Crippen LogP contribution in [-0.4, -0.2) is 25.6 Å². The van der Waals surface area contributed by atoms with Crippen molar-refractivity contribution in [3.63, 3.8) is 0 Å². The molecule has 5 nitrogen and oxygen atoms in total. The van der Waals surface area contributed by atoms with Gasteiger partial charge in [-0.15, -0.1) is 11.3 Å². The van der Waals surface area contributed by atoms with E-state index in [2.05, 4.69) is 26.1 Å². The smallest absolute Gasteiger partial charge is 0.341 e. The van der Waals surface area contributed by atoms with Crippen molar-refractivity contribution in [1.29, 1.82) is 0 Å². The molecule has 0 bridgehead atoms. The Kier molecular flexibility index (Phi) is 6.63. The molecule has 0 aliphatic heterocycles. The van der Waals surface area contributed by atoms with Crippen LogP contribution >= 0.6 is 11.3 Å². The first-order valence-corrected chi connectivity index (χ1v) is 10.9. The monoisotopic (exact) mass is 415 g/mol. The largest absolute Gasteiger partial charge is 0.483 e. The number of esters is 1. The Labute approximate surface area is 176 Å². The molecule has 29 heavy (non-hydrogen) atoms. The molecule has 2 aromatic rings. The molecule has 0 saturated carbocycles. The third kappa shape index (κ3) is 4.81. The van der Waals surface area contributed by atoms with Crippen LogP contribution in [0.2, 0.25) is 0 Å². The number of nitrogens with one attached hydrogen (secondary N) is 1. The predicted octanol–water partition coefficient (Wildman–Crippen LogP) is 5.11. The second-order valence-corrected chi connectivity index (χ2v) is 9.19. The first kappa shape index (κ1) is 21.4. The van der Waals surface area contributed by atoms with E-state index in [0.29, 0.717) is 22.4 Å². The quantitative estimate of drug-likeness (QED) is 0.666. The normalized spacial score (nSPS) is 15.7. The van der Waals surface area contributed by atoms with E-state index < -0.39 is 5.97 Å². The number of fused-ring (bicyclic) bond motifs is 1. The van der Waals surface area contributed by atoms with Crippen LogP contribution in [0.4, 0.5) is 5.00 Å². The van der Waals surface area contributed by atoms with Crippen molar-refractivity contribution in [3.8, 4) is 5.75 Å². The zero-order valence-corrected chi connectivity index (χ0v) is 18.6. The van der Waals surface area contributed by atoms with Crippen molar-refractivity contribution in [1.82, 2.24) is 0 Å². The van der Waals surface area contributed by atoms with Gasteiger partial charge in [-0.05, 0) is 60.8 Å². The Hall–Kier alpha value is -2.34. The Morgan fingerprint density at radius 3 is 2.76 bits per heavy atom. The lowest BCUT2D eigenvalue weighted by Gasteiger charge is -2.18. The van der Waals surface area contributed by atoms with Crippen LogP contribution in [0.15, 0.2) is 18.2 Å². The summed E-state index contributed by atoms with van der Waals surface area (Å²) in [5, 5.41) is 3.45. The summed E-state index contributed by atoms with van der Waals surface area (Å²) in [6.45, 7) is 8.29. The molecular formula is C23H29NO4S. The summed E-state index contributed by atoms with van der Waals surface area (Å²) < 4.78 is 10.8. The summed E-state index contributed by atoms with van der Waals surface area (Å²) in [5.41, 5.74) is 3.68. The third-order valence-electron chi connectivity index (χ3n) is 5.30. The molecule has 1 amide bonds. The molecule has 0 saturated heterocycles. The highest BCUT2D eigenvalue weighted by atomic mass is 32.1. The van der Waals surface area contributed by atoms with Gasteiger partial charge in [0.25, 0.3) is 5.91 Å². The van der Waals surface area contributed by atoms with Crippen LogP contribution in [0.25, 0.3) is 0 Å². The molecule has 156 valence electrons. The number of benzene rings is 1. The fraction of sp³-hybridized carbons (Fsp3) is 0.478. The minimum atomic E-state index is -0.394. The van der Waals surface area contributed by atoms with E-state index in [9.17, 15) is 9.59 Å². The second kappa shape index (κ2) is 8.99. The van der Waals surface area contributed by atoms with E-state index in [1.54, 1.807) is 0 Å².